The lowest BCUT2D eigenvalue weighted by Gasteiger charge is -2.07. The van der Waals surface area contributed by atoms with Crippen LogP contribution in [-0.4, -0.2) is 20.9 Å². The van der Waals surface area contributed by atoms with E-state index >= 15 is 0 Å². The number of hydrogen-bond donors (Lipinski definition) is 2. The summed E-state index contributed by atoms with van der Waals surface area (Å²) in [5, 5.41) is 7.84. The number of benzene rings is 1. The SMILES string of the molecule is NS(=O)(=O)c1cc(Br)cc(C(=O)NCCC2CC2)c1. The van der Waals surface area contributed by atoms with E-state index in [1.54, 1.807) is 6.07 Å². The maximum atomic E-state index is 11.9. The number of sulfonamides is 1. The largest absolute Gasteiger partial charge is 0.352 e. The lowest BCUT2D eigenvalue weighted by atomic mass is 10.2. The zero-order valence-electron chi connectivity index (χ0n) is 10.2. The Morgan fingerprint density at radius 2 is 2.05 bits per heavy atom. The van der Waals surface area contributed by atoms with Crippen molar-refractivity contribution in [2.24, 2.45) is 11.1 Å². The van der Waals surface area contributed by atoms with Crippen molar-refractivity contribution in [2.75, 3.05) is 6.54 Å². The zero-order valence-corrected chi connectivity index (χ0v) is 12.6. The highest BCUT2D eigenvalue weighted by atomic mass is 79.9. The maximum Gasteiger partial charge on any atom is 0.251 e. The van der Waals surface area contributed by atoms with Crippen molar-refractivity contribution in [2.45, 2.75) is 24.2 Å². The molecule has 1 aliphatic rings. The highest BCUT2D eigenvalue weighted by Gasteiger charge is 2.21. The molecule has 0 radical (unpaired) electrons. The first-order chi connectivity index (χ1) is 8.86. The summed E-state index contributed by atoms with van der Waals surface area (Å²) in [6, 6.07) is 4.23. The maximum absolute atomic E-state index is 11.9. The number of hydrogen-bond acceptors (Lipinski definition) is 3. The highest BCUT2D eigenvalue weighted by molar-refractivity contribution is 9.10. The minimum Gasteiger partial charge on any atom is -0.352 e. The van der Waals surface area contributed by atoms with E-state index in [2.05, 4.69) is 21.2 Å². The van der Waals surface area contributed by atoms with Crippen LogP contribution in [0, 0.1) is 5.92 Å². The van der Waals surface area contributed by atoms with E-state index in [0.717, 1.165) is 12.3 Å². The number of carbonyl (C=O) groups is 1. The number of nitrogens with one attached hydrogen (secondary N) is 1. The van der Waals surface area contributed by atoms with Crippen LogP contribution in [0.15, 0.2) is 27.6 Å². The van der Waals surface area contributed by atoms with Crippen LogP contribution >= 0.6 is 15.9 Å². The monoisotopic (exact) mass is 346 g/mol. The minimum atomic E-state index is -3.82. The molecule has 0 aliphatic heterocycles. The fourth-order valence-corrected chi connectivity index (χ4v) is 2.98. The van der Waals surface area contributed by atoms with Gasteiger partial charge in [-0.3, -0.25) is 4.79 Å². The Bertz CT molecular complexity index is 597. The molecule has 2 rings (SSSR count). The van der Waals surface area contributed by atoms with Crippen LogP contribution < -0.4 is 10.5 Å². The van der Waals surface area contributed by atoms with Crippen molar-refractivity contribution in [1.29, 1.82) is 0 Å². The van der Waals surface area contributed by atoms with E-state index in [1.807, 2.05) is 0 Å². The van der Waals surface area contributed by atoms with Gasteiger partial charge in [0.05, 0.1) is 4.90 Å². The van der Waals surface area contributed by atoms with Crippen molar-refractivity contribution in [3.05, 3.63) is 28.2 Å². The molecule has 1 aromatic rings. The summed E-state index contributed by atoms with van der Waals surface area (Å²) < 4.78 is 23.1. The van der Waals surface area contributed by atoms with Crippen molar-refractivity contribution < 1.29 is 13.2 Å². The Labute approximate surface area is 120 Å². The molecule has 0 saturated heterocycles. The Morgan fingerprint density at radius 1 is 1.37 bits per heavy atom. The first-order valence-electron chi connectivity index (χ1n) is 5.98. The summed E-state index contributed by atoms with van der Waals surface area (Å²) in [6.45, 7) is 0.612. The Morgan fingerprint density at radius 3 is 2.63 bits per heavy atom. The van der Waals surface area contributed by atoms with Crippen molar-refractivity contribution in [3.63, 3.8) is 0 Å². The quantitative estimate of drug-likeness (QED) is 0.848. The van der Waals surface area contributed by atoms with E-state index in [4.69, 9.17) is 5.14 Å². The molecule has 1 aliphatic carbocycles. The third-order valence-corrected chi connectivity index (χ3v) is 4.35. The summed E-state index contributed by atoms with van der Waals surface area (Å²) in [4.78, 5) is 11.8. The standard InChI is InChI=1S/C12H15BrN2O3S/c13-10-5-9(6-11(7-10)19(14,17)18)12(16)15-4-3-8-1-2-8/h5-8H,1-4H2,(H,15,16)(H2,14,17,18). The molecule has 0 heterocycles. The van der Waals surface area contributed by atoms with Gasteiger partial charge in [0.15, 0.2) is 0 Å². The van der Waals surface area contributed by atoms with Gasteiger partial charge < -0.3 is 5.32 Å². The smallest absolute Gasteiger partial charge is 0.251 e. The van der Waals surface area contributed by atoms with Gasteiger partial charge in [0.25, 0.3) is 5.91 Å². The van der Waals surface area contributed by atoms with Crippen LogP contribution in [0.2, 0.25) is 0 Å². The van der Waals surface area contributed by atoms with E-state index < -0.39 is 10.0 Å². The zero-order chi connectivity index (χ0) is 14.0. The summed E-state index contributed by atoms with van der Waals surface area (Å²) in [6.07, 6.45) is 3.45. The number of rotatable bonds is 5. The molecule has 19 heavy (non-hydrogen) atoms. The molecule has 0 atom stereocenters. The average molecular weight is 347 g/mol. The second kappa shape index (κ2) is 5.60. The molecule has 0 bridgehead atoms. The highest BCUT2D eigenvalue weighted by Crippen LogP contribution is 2.31. The van der Waals surface area contributed by atoms with Gasteiger partial charge in [-0.15, -0.1) is 0 Å². The minimum absolute atomic E-state index is 0.0748. The van der Waals surface area contributed by atoms with Crippen LogP contribution in [0.3, 0.4) is 0 Å². The van der Waals surface area contributed by atoms with Gasteiger partial charge in [0.2, 0.25) is 10.0 Å². The first-order valence-corrected chi connectivity index (χ1v) is 8.32. The van der Waals surface area contributed by atoms with Crippen LogP contribution in [0.1, 0.15) is 29.6 Å². The summed E-state index contributed by atoms with van der Waals surface area (Å²) in [5.41, 5.74) is 0.286. The van der Waals surface area contributed by atoms with Crippen molar-refractivity contribution in [1.82, 2.24) is 5.32 Å². The van der Waals surface area contributed by atoms with E-state index in [9.17, 15) is 13.2 Å². The summed E-state index contributed by atoms with van der Waals surface area (Å²) in [5.74, 6) is 0.453. The fraction of sp³-hybridized carbons (Fsp3) is 0.417. The first kappa shape index (κ1) is 14.5. The Balaban J connectivity index is 2.09. The lowest BCUT2D eigenvalue weighted by Crippen LogP contribution is -2.25. The van der Waals surface area contributed by atoms with Gasteiger partial charge in [-0.1, -0.05) is 28.8 Å². The molecule has 1 amide bonds. The fourth-order valence-electron chi connectivity index (χ4n) is 1.76. The Hall–Kier alpha value is -0.920. The summed E-state index contributed by atoms with van der Waals surface area (Å²) in [7, 11) is -3.82. The van der Waals surface area contributed by atoms with Gasteiger partial charge in [-0.2, -0.15) is 0 Å². The van der Waals surface area contributed by atoms with Crippen LogP contribution in [-0.2, 0) is 10.0 Å². The number of halogens is 1. The third-order valence-electron chi connectivity index (χ3n) is 3.00. The molecule has 1 fully saturated rings. The van der Waals surface area contributed by atoms with Gasteiger partial charge >= 0.3 is 0 Å². The normalized spacial score (nSPS) is 15.3. The molecule has 1 aromatic carbocycles. The van der Waals surface area contributed by atoms with E-state index in [0.29, 0.717) is 11.0 Å². The van der Waals surface area contributed by atoms with Crippen LogP contribution in [0.25, 0.3) is 0 Å². The molecule has 3 N–H and O–H groups in total. The van der Waals surface area contributed by atoms with Gasteiger partial charge in [-0.05, 0) is 30.5 Å². The molecular formula is C12H15BrN2O3S. The molecule has 5 nitrogen and oxygen atoms in total. The molecular weight excluding hydrogens is 332 g/mol. The summed E-state index contributed by atoms with van der Waals surface area (Å²) >= 11 is 3.18. The lowest BCUT2D eigenvalue weighted by molar-refractivity contribution is 0.0952. The number of amides is 1. The molecule has 0 unspecified atom stereocenters. The Kier molecular flexibility index (Phi) is 4.27. The molecule has 0 spiro atoms. The molecule has 7 heteroatoms. The number of nitrogens with two attached hydrogens (primary N) is 1. The number of primary sulfonamides is 1. The topological polar surface area (TPSA) is 89.3 Å². The average Bonchev–Trinajstić information content (AvgIpc) is 3.11. The van der Waals surface area contributed by atoms with Gasteiger partial charge in [-0.25, -0.2) is 13.6 Å². The van der Waals surface area contributed by atoms with Crippen LogP contribution in [0.4, 0.5) is 0 Å². The predicted octanol–water partition coefficient (Wildman–Crippen LogP) is 1.63. The van der Waals surface area contributed by atoms with Crippen molar-refractivity contribution >= 4 is 31.9 Å². The van der Waals surface area contributed by atoms with Gasteiger partial charge in [0, 0.05) is 16.6 Å². The van der Waals surface area contributed by atoms with E-state index in [-0.39, 0.29) is 16.4 Å². The number of carbonyl (C=O) groups excluding carboxylic acids is 1. The molecule has 1 saturated carbocycles. The van der Waals surface area contributed by atoms with Crippen LogP contribution in [0.5, 0.6) is 0 Å². The molecule has 0 aromatic heterocycles. The second-order valence-corrected chi connectivity index (χ2v) is 7.19. The van der Waals surface area contributed by atoms with E-state index in [1.165, 1.54) is 25.0 Å². The molecule has 104 valence electrons. The third kappa shape index (κ3) is 4.29. The second-order valence-electron chi connectivity index (χ2n) is 4.71. The van der Waals surface area contributed by atoms with Gasteiger partial charge in [0.1, 0.15) is 0 Å². The van der Waals surface area contributed by atoms with Crippen molar-refractivity contribution in [3.8, 4) is 0 Å². The predicted molar refractivity (Wildman–Crippen MR) is 75.2 cm³/mol.